The number of nitrogens with zero attached hydrogens (tertiary/aromatic N) is 1. The molecule has 0 saturated heterocycles. The maximum absolute atomic E-state index is 12.4. The highest BCUT2D eigenvalue weighted by atomic mass is 32.2. The zero-order chi connectivity index (χ0) is 14.8. The highest BCUT2D eigenvalue weighted by Crippen LogP contribution is 2.31. The average Bonchev–Trinajstić information content (AvgIpc) is 3.21. The van der Waals surface area contributed by atoms with Crippen LogP contribution in [0.1, 0.15) is 24.0 Å². The minimum Gasteiger partial charge on any atom is -0.320 e. The van der Waals surface area contributed by atoms with Crippen molar-refractivity contribution in [1.82, 2.24) is 4.31 Å². The monoisotopic (exact) mass is 292 g/mol. The SMILES string of the molecule is Cc1cc(S(=O)(=O)N(C)CC2CC2)ccc1C#CCN. The van der Waals surface area contributed by atoms with Gasteiger partial charge in [0, 0.05) is 19.2 Å². The third-order valence-corrected chi connectivity index (χ3v) is 5.26. The fourth-order valence-corrected chi connectivity index (χ4v) is 3.36. The lowest BCUT2D eigenvalue weighted by Crippen LogP contribution is -2.29. The third kappa shape index (κ3) is 3.40. The number of nitrogens with two attached hydrogens (primary N) is 1. The molecule has 0 bridgehead atoms. The molecule has 2 rings (SSSR count). The molecule has 1 saturated carbocycles. The molecule has 2 N–H and O–H groups in total. The summed E-state index contributed by atoms with van der Waals surface area (Å²) in [7, 11) is -1.75. The summed E-state index contributed by atoms with van der Waals surface area (Å²) in [5.41, 5.74) is 7.01. The van der Waals surface area contributed by atoms with E-state index in [0.29, 0.717) is 23.9 Å². The fraction of sp³-hybridized carbons (Fsp3) is 0.467. The number of sulfonamides is 1. The number of aryl methyl sites for hydroxylation is 1. The van der Waals surface area contributed by atoms with E-state index in [1.165, 1.54) is 4.31 Å². The molecule has 0 radical (unpaired) electrons. The minimum absolute atomic E-state index is 0.295. The molecule has 1 aliphatic carbocycles. The molecule has 0 unspecified atom stereocenters. The van der Waals surface area contributed by atoms with E-state index in [4.69, 9.17) is 5.73 Å². The lowest BCUT2D eigenvalue weighted by atomic mass is 10.1. The molecule has 0 aliphatic heterocycles. The second-order valence-electron chi connectivity index (χ2n) is 5.21. The van der Waals surface area contributed by atoms with Crippen molar-refractivity contribution in [2.24, 2.45) is 11.7 Å². The van der Waals surface area contributed by atoms with Crippen LogP contribution in [0, 0.1) is 24.7 Å². The Hall–Kier alpha value is -1.35. The summed E-state index contributed by atoms with van der Waals surface area (Å²) in [5, 5.41) is 0. The van der Waals surface area contributed by atoms with Crippen molar-refractivity contribution in [3.63, 3.8) is 0 Å². The quantitative estimate of drug-likeness (QED) is 0.852. The third-order valence-electron chi connectivity index (χ3n) is 3.44. The Labute approximate surface area is 121 Å². The number of hydrogen-bond acceptors (Lipinski definition) is 3. The first-order valence-electron chi connectivity index (χ1n) is 6.71. The van der Waals surface area contributed by atoms with Gasteiger partial charge in [-0.1, -0.05) is 11.8 Å². The van der Waals surface area contributed by atoms with E-state index in [1.807, 2.05) is 6.92 Å². The van der Waals surface area contributed by atoms with Crippen molar-refractivity contribution in [2.45, 2.75) is 24.7 Å². The van der Waals surface area contributed by atoms with E-state index in [1.54, 1.807) is 25.2 Å². The summed E-state index contributed by atoms with van der Waals surface area (Å²) >= 11 is 0. The van der Waals surface area contributed by atoms with Crippen LogP contribution in [0.2, 0.25) is 0 Å². The minimum atomic E-state index is -3.39. The Morgan fingerprint density at radius 1 is 1.40 bits per heavy atom. The molecule has 4 nitrogen and oxygen atoms in total. The molecule has 0 heterocycles. The Kier molecular flexibility index (Phi) is 4.48. The van der Waals surface area contributed by atoms with Crippen LogP contribution in [-0.4, -0.2) is 32.9 Å². The number of benzene rings is 1. The summed E-state index contributed by atoms with van der Waals surface area (Å²) in [6, 6.07) is 5.04. The first-order valence-corrected chi connectivity index (χ1v) is 8.15. The van der Waals surface area contributed by atoms with E-state index < -0.39 is 10.0 Å². The van der Waals surface area contributed by atoms with Gasteiger partial charge in [-0.2, -0.15) is 0 Å². The van der Waals surface area contributed by atoms with Crippen molar-refractivity contribution in [3.8, 4) is 11.8 Å². The smallest absolute Gasteiger partial charge is 0.242 e. The molecule has 1 fully saturated rings. The van der Waals surface area contributed by atoms with E-state index in [2.05, 4.69) is 11.8 Å². The molecule has 1 aromatic rings. The standard InChI is InChI=1S/C15H20N2O2S/c1-12-10-15(8-7-14(12)4-3-9-16)20(18,19)17(2)11-13-5-6-13/h7-8,10,13H,5-6,9,11,16H2,1-2H3. The van der Waals surface area contributed by atoms with E-state index >= 15 is 0 Å². The molecule has 5 heteroatoms. The van der Waals surface area contributed by atoms with Gasteiger partial charge in [-0.05, 0) is 49.4 Å². The second-order valence-corrected chi connectivity index (χ2v) is 7.26. The van der Waals surface area contributed by atoms with Crippen molar-refractivity contribution in [2.75, 3.05) is 20.1 Å². The Bertz CT molecular complexity index is 652. The van der Waals surface area contributed by atoms with E-state index in [9.17, 15) is 8.42 Å². The van der Waals surface area contributed by atoms with Gasteiger partial charge in [0.25, 0.3) is 0 Å². The van der Waals surface area contributed by atoms with Gasteiger partial charge in [-0.3, -0.25) is 0 Å². The van der Waals surface area contributed by atoms with Crippen LogP contribution >= 0.6 is 0 Å². The number of hydrogen-bond donors (Lipinski definition) is 1. The molecule has 108 valence electrons. The van der Waals surface area contributed by atoms with Gasteiger partial charge in [0.2, 0.25) is 10.0 Å². The van der Waals surface area contributed by atoms with E-state index in [-0.39, 0.29) is 0 Å². The maximum Gasteiger partial charge on any atom is 0.242 e. The molecule has 0 atom stereocenters. The van der Waals surface area contributed by atoms with Gasteiger partial charge in [0.05, 0.1) is 11.4 Å². The maximum atomic E-state index is 12.4. The lowest BCUT2D eigenvalue weighted by molar-refractivity contribution is 0.453. The van der Waals surface area contributed by atoms with Gasteiger partial charge < -0.3 is 5.73 Å². The Morgan fingerprint density at radius 3 is 2.65 bits per heavy atom. The highest BCUT2D eigenvalue weighted by Gasteiger charge is 2.29. The summed E-state index contributed by atoms with van der Waals surface area (Å²) < 4.78 is 26.3. The normalized spacial score (nSPS) is 15.0. The van der Waals surface area contributed by atoms with Crippen molar-refractivity contribution in [3.05, 3.63) is 29.3 Å². The van der Waals surface area contributed by atoms with Crippen molar-refractivity contribution < 1.29 is 8.42 Å². The van der Waals surface area contributed by atoms with Crippen LogP contribution in [0.5, 0.6) is 0 Å². The van der Waals surface area contributed by atoms with Crippen LogP contribution in [0.3, 0.4) is 0 Å². The van der Waals surface area contributed by atoms with Crippen LogP contribution in [0.4, 0.5) is 0 Å². The van der Waals surface area contributed by atoms with Gasteiger partial charge in [-0.15, -0.1) is 0 Å². The Morgan fingerprint density at radius 2 is 2.10 bits per heavy atom. The first-order chi connectivity index (χ1) is 9.45. The summed E-state index contributed by atoms with van der Waals surface area (Å²) in [4.78, 5) is 0.330. The van der Waals surface area contributed by atoms with E-state index in [0.717, 1.165) is 24.0 Å². The highest BCUT2D eigenvalue weighted by molar-refractivity contribution is 7.89. The topological polar surface area (TPSA) is 63.4 Å². The van der Waals surface area contributed by atoms with Gasteiger partial charge in [0.15, 0.2) is 0 Å². The molecular weight excluding hydrogens is 272 g/mol. The molecule has 1 aliphatic rings. The molecule has 0 spiro atoms. The van der Waals surface area contributed by atoms with Crippen LogP contribution in [0.15, 0.2) is 23.1 Å². The molecule has 0 amide bonds. The Balaban J connectivity index is 2.25. The second kappa shape index (κ2) is 5.96. The fourth-order valence-electron chi connectivity index (χ4n) is 2.03. The van der Waals surface area contributed by atoms with Crippen LogP contribution in [-0.2, 0) is 10.0 Å². The molecule has 0 aromatic heterocycles. The predicted octanol–water partition coefficient (Wildman–Crippen LogP) is 1.34. The van der Waals surface area contributed by atoms with Crippen LogP contribution < -0.4 is 5.73 Å². The zero-order valence-corrected chi connectivity index (χ0v) is 12.7. The van der Waals surface area contributed by atoms with Gasteiger partial charge in [0.1, 0.15) is 0 Å². The van der Waals surface area contributed by atoms with Gasteiger partial charge >= 0.3 is 0 Å². The lowest BCUT2D eigenvalue weighted by Gasteiger charge is -2.17. The number of rotatable bonds is 4. The largest absolute Gasteiger partial charge is 0.320 e. The molecule has 1 aromatic carbocycles. The predicted molar refractivity (Wildman–Crippen MR) is 79.7 cm³/mol. The summed E-state index contributed by atoms with van der Waals surface area (Å²) in [6.07, 6.45) is 2.26. The van der Waals surface area contributed by atoms with Gasteiger partial charge in [-0.25, -0.2) is 12.7 Å². The molecular formula is C15H20N2O2S. The average molecular weight is 292 g/mol. The molecule has 20 heavy (non-hydrogen) atoms. The van der Waals surface area contributed by atoms with Crippen LogP contribution in [0.25, 0.3) is 0 Å². The van der Waals surface area contributed by atoms with Crippen molar-refractivity contribution in [1.29, 1.82) is 0 Å². The zero-order valence-electron chi connectivity index (χ0n) is 11.9. The first kappa shape index (κ1) is 15.0. The summed E-state index contributed by atoms with van der Waals surface area (Å²) in [5.74, 6) is 6.25. The van der Waals surface area contributed by atoms with Crippen molar-refractivity contribution >= 4 is 10.0 Å². The summed E-state index contributed by atoms with van der Waals surface area (Å²) in [6.45, 7) is 2.76.